The first-order valence-corrected chi connectivity index (χ1v) is 7.43. The largest absolute Gasteiger partial charge is 0.207 e. The minimum Gasteiger partial charge on any atom is -0.207 e. The minimum absolute atomic E-state index is 0.251. The highest BCUT2D eigenvalue weighted by molar-refractivity contribution is 7.13. The molecule has 3 rings (SSSR count). The number of hydrogen-bond donors (Lipinski definition) is 0. The van der Waals surface area contributed by atoms with Crippen LogP contribution in [0.2, 0.25) is 5.02 Å². The molecule has 99 valence electrons. The number of halogens is 2. The molecule has 0 unspecified atom stereocenters. The van der Waals surface area contributed by atoms with Crippen molar-refractivity contribution in [3.63, 3.8) is 0 Å². The fraction of sp³-hybridized carbons (Fsp3) is 0.0588. The molecular weight excluding hydrogens is 291 g/mol. The van der Waals surface area contributed by atoms with Gasteiger partial charge in [-0.2, -0.15) is 0 Å². The Hall–Kier alpha value is -1.64. The normalized spacial score (nSPS) is 10.8. The lowest BCUT2D eigenvalue weighted by Gasteiger charge is -2.11. The standard InChI is InChI=1S/C17H11ClFS/c1-11-9-10-20-17(11)14-3-2-4-15(18)16(14)12-5-7-13(19)8-6-12/h2,4-10H,1H3. The molecule has 2 aromatic carbocycles. The van der Waals surface area contributed by atoms with Crippen LogP contribution in [0.5, 0.6) is 0 Å². The van der Waals surface area contributed by atoms with E-state index in [-0.39, 0.29) is 5.82 Å². The van der Waals surface area contributed by atoms with Gasteiger partial charge in [0.2, 0.25) is 0 Å². The van der Waals surface area contributed by atoms with Gasteiger partial charge in [-0.25, -0.2) is 4.39 Å². The van der Waals surface area contributed by atoms with E-state index in [1.165, 1.54) is 17.7 Å². The molecule has 20 heavy (non-hydrogen) atoms. The van der Waals surface area contributed by atoms with Crippen LogP contribution in [0.1, 0.15) is 5.56 Å². The number of aryl methyl sites for hydroxylation is 1. The maximum atomic E-state index is 13.1. The summed E-state index contributed by atoms with van der Waals surface area (Å²) >= 11 is 8.02. The van der Waals surface area contributed by atoms with Crippen molar-refractivity contribution in [2.75, 3.05) is 0 Å². The maximum absolute atomic E-state index is 13.1. The summed E-state index contributed by atoms with van der Waals surface area (Å²) in [5, 5.41) is 2.70. The van der Waals surface area contributed by atoms with Crippen LogP contribution in [-0.4, -0.2) is 0 Å². The van der Waals surface area contributed by atoms with Gasteiger partial charge in [0.25, 0.3) is 0 Å². The summed E-state index contributed by atoms with van der Waals surface area (Å²) in [6, 6.07) is 15.4. The topological polar surface area (TPSA) is 0 Å². The SMILES string of the molecule is Cc1ccsc1-c1[c]ccc(Cl)c1-c1ccc(F)cc1. The van der Waals surface area contributed by atoms with Crippen LogP contribution in [0.25, 0.3) is 21.6 Å². The van der Waals surface area contributed by atoms with Gasteiger partial charge in [0.05, 0.1) is 0 Å². The molecule has 0 amide bonds. The second-order valence-electron chi connectivity index (χ2n) is 4.52. The van der Waals surface area contributed by atoms with E-state index < -0.39 is 0 Å². The summed E-state index contributed by atoms with van der Waals surface area (Å²) in [5.41, 5.74) is 3.96. The summed E-state index contributed by atoms with van der Waals surface area (Å²) in [6.45, 7) is 2.06. The van der Waals surface area contributed by atoms with Crippen molar-refractivity contribution >= 4 is 22.9 Å². The van der Waals surface area contributed by atoms with Gasteiger partial charge in [0.1, 0.15) is 5.82 Å². The van der Waals surface area contributed by atoms with E-state index in [4.69, 9.17) is 11.6 Å². The number of rotatable bonds is 2. The lowest BCUT2D eigenvalue weighted by molar-refractivity contribution is 0.628. The average molecular weight is 302 g/mol. The lowest BCUT2D eigenvalue weighted by Crippen LogP contribution is -1.87. The van der Waals surface area contributed by atoms with Gasteiger partial charge in [-0.15, -0.1) is 11.3 Å². The van der Waals surface area contributed by atoms with Gasteiger partial charge >= 0.3 is 0 Å². The number of thiophene rings is 1. The molecule has 0 fully saturated rings. The Morgan fingerprint density at radius 3 is 2.50 bits per heavy atom. The smallest absolute Gasteiger partial charge is 0.123 e. The predicted octanol–water partition coefficient (Wildman–Crippen LogP) is 5.98. The van der Waals surface area contributed by atoms with Gasteiger partial charge < -0.3 is 0 Å². The highest BCUT2D eigenvalue weighted by Crippen LogP contribution is 2.40. The van der Waals surface area contributed by atoms with Gasteiger partial charge in [0, 0.05) is 21.0 Å². The van der Waals surface area contributed by atoms with Gasteiger partial charge in [-0.1, -0.05) is 29.8 Å². The summed E-state index contributed by atoms with van der Waals surface area (Å²) in [4.78, 5) is 1.15. The van der Waals surface area contributed by atoms with Gasteiger partial charge in [0.15, 0.2) is 0 Å². The fourth-order valence-corrected chi connectivity index (χ4v) is 3.39. The monoisotopic (exact) mass is 301 g/mol. The molecule has 0 aliphatic rings. The minimum atomic E-state index is -0.251. The molecule has 1 aromatic heterocycles. The Morgan fingerprint density at radius 1 is 1.10 bits per heavy atom. The lowest BCUT2D eigenvalue weighted by atomic mass is 9.97. The molecule has 0 N–H and O–H groups in total. The summed E-state index contributed by atoms with van der Waals surface area (Å²) in [5.74, 6) is -0.251. The molecule has 0 nitrogen and oxygen atoms in total. The van der Waals surface area contributed by atoms with E-state index in [0.29, 0.717) is 5.02 Å². The van der Waals surface area contributed by atoms with Crippen LogP contribution in [0.15, 0.2) is 47.8 Å². The van der Waals surface area contributed by atoms with Crippen molar-refractivity contribution in [2.24, 2.45) is 0 Å². The van der Waals surface area contributed by atoms with E-state index in [1.807, 2.05) is 17.5 Å². The van der Waals surface area contributed by atoms with Crippen LogP contribution in [0.3, 0.4) is 0 Å². The Bertz CT molecular complexity index is 744. The second kappa shape index (κ2) is 5.39. The number of benzene rings is 2. The molecule has 1 radical (unpaired) electrons. The van der Waals surface area contributed by atoms with Gasteiger partial charge in [-0.3, -0.25) is 0 Å². The Morgan fingerprint density at radius 2 is 1.85 bits per heavy atom. The Kier molecular flexibility index (Phi) is 3.60. The van der Waals surface area contributed by atoms with Crippen LogP contribution in [-0.2, 0) is 0 Å². The van der Waals surface area contributed by atoms with E-state index in [1.54, 1.807) is 23.5 Å². The highest BCUT2D eigenvalue weighted by atomic mass is 35.5. The van der Waals surface area contributed by atoms with Crippen molar-refractivity contribution in [2.45, 2.75) is 6.92 Å². The fourth-order valence-electron chi connectivity index (χ4n) is 2.18. The molecule has 1 heterocycles. The molecule has 0 aliphatic heterocycles. The van der Waals surface area contributed by atoms with Crippen LogP contribution in [0.4, 0.5) is 4.39 Å². The van der Waals surface area contributed by atoms with Crippen molar-refractivity contribution in [1.29, 1.82) is 0 Å². The second-order valence-corrected chi connectivity index (χ2v) is 5.84. The number of hydrogen-bond acceptors (Lipinski definition) is 1. The van der Waals surface area contributed by atoms with Crippen molar-refractivity contribution in [3.05, 3.63) is 70.3 Å². The molecule has 0 atom stereocenters. The van der Waals surface area contributed by atoms with Crippen LogP contribution >= 0.6 is 22.9 Å². The summed E-state index contributed by atoms with van der Waals surface area (Å²) in [7, 11) is 0. The van der Waals surface area contributed by atoms with Crippen molar-refractivity contribution in [3.8, 4) is 21.6 Å². The summed E-state index contributed by atoms with van der Waals surface area (Å²) < 4.78 is 13.1. The average Bonchev–Trinajstić information content (AvgIpc) is 2.86. The molecule has 0 bridgehead atoms. The van der Waals surface area contributed by atoms with E-state index >= 15 is 0 Å². The first kappa shape index (κ1) is 13.3. The first-order chi connectivity index (χ1) is 9.66. The molecule has 0 saturated heterocycles. The maximum Gasteiger partial charge on any atom is 0.123 e. The van der Waals surface area contributed by atoms with Crippen LogP contribution < -0.4 is 0 Å². The Balaban J connectivity index is 2.25. The van der Waals surface area contributed by atoms with E-state index in [0.717, 1.165) is 21.6 Å². The third kappa shape index (κ3) is 2.37. The van der Waals surface area contributed by atoms with E-state index in [9.17, 15) is 4.39 Å². The zero-order valence-electron chi connectivity index (χ0n) is 10.8. The molecule has 3 aromatic rings. The Labute approximate surface area is 126 Å². The predicted molar refractivity (Wildman–Crippen MR) is 83.7 cm³/mol. The van der Waals surface area contributed by atoms with Crippen molar-refractivity contribution in [1.82, 2.24) is 0 Å². The molecular formula is C17H11ClFS. The third-order valence-corrected chi connectivity index (χ3v) is 4.52. The quantitative estimate of drug-likeness (QED) is 0.546. The zero-order valence-corrected chi connectivity index (χ0v) is 12.4. The molecule has 0 spiro atoms. The summed E-state index contributed by atoms with van der Waals surface area (Å²) in [6.07, 6.45) is 0. The molecule has 3 heteroatoms. The van der Waals surface area contributed by atoms with Gasteiger partial charge in [-0.05, 0) is 53.8 Å². The van der Waals surface area contributed by atoms with Crippen molar-refractivity contribution < 1.29 is 4.39 Å². The van der Waals surface area contributed by atoms with E-state index in [2.05, 4.69) is 19.1 Å². The first-order valence-electron chi connectivity index (χ1n) is 6.17. The highest BCUT2D eigenvalue weighted by Gasteiger charge is 2.14. The van der Waals surface area contributed by atoms with Crippen LogP contribution in [0, 0.1) is 18.8 Å². The zero-order chi connectivity index (χ0) is 14.1. The third-order valence-electron chi connectivity index (χ3n) is 3.17. The molecule has 0 aliphatic carbocycles. The molecule has 0 saturated carbocycles.